The molecule has 271 valence electrons. The lowest BCUT2D eigenvalue weighted by Gasteiger charge is -2.61. The van der Waals surface area contributed by atoms with Crippen molar-refractivity contribution >= 4 is 8.41 Å². The molecule has 8 aliphatic rings. The van der Waals surface area contributed by atoms with Crippen LogP contribution in [0.25, 0.3) is 0 Å². The molecule has 0 heterocycles. The molecule has 0 saturated heterocycles. The second-order valence-electron chi connectivity index (χ2n) is 20.3. The van der Waals surface area contributed by atoms with Crippen molar-refractivity contribution in [1.29, 1.82) is 0 Å². The highest BCUT2D eigenvalue weighted by atomic mass is 16.3. The Labute approximate surface area is 297 Å². The summed E-state index contributed by atoms with van der Waals surface area (Å²) in [5, 5.41) is 31.4. The standard InChI is InChI=1S/C22H38O2.C22H36O.B/c1-14(23)19-5-4-6-20-18-8-7-15-13-21(2,24)11-9-16(15)17(18)10-12-22(19,20)3;1-4-16-6-5-7-20-19-9-8-15-14-21(2,23)12-10-17(15)18(19)11-13-22(16,20)3;/h14-20,23-24H,4-13H2,1-3H3;4,15,17-20,23H,5-14H2,1-3H3;/t14?,15-,16+,17-,18-,19-,20+,21-,22-;15-,17+,18-,19-,20+,21-,22-;/m11./s1. The van der Waals surface area contributed by atoms with Crippen LogP contribution < -0.4 is 0 Å². The zero-order chi connectivity index (χ0) is 33.4. The van der Waals surface area contributed by atoms with E-state index in [1.807, 2.05) is 6.92 Å². The predicted molar refractivity (Wildman–Crippen MR) is 199 cm³/mol. The topological polar surface area (TPSA) is 60.7 Å². The highest BCUT2D eigenvalue weighted by Gasteiger charge is 2.57. The van der Waals surface area contributed by atoms with Gasteiger partial charge in [-0.2, -0.15) is 0 Å². The van der Waals surface area contributed by atoms with Crippen molar-refractivity contribution in [2.45, 2.75) is 187 Å². The summed E-state index contributed by atoms with van der Waals surface area (Å²) >= 11 is 0. The Hall–Kier alpha value is -0.315. The van der Waals surface area contributed by atoms with Crippen molar-refractivity contribution in [2.24, 2.45) is 75.9 Å². The van der Waals surface area contributed by atoms with Gasteiger partial charge in [-0.3, -0.25) is 0 Å². The Morgan fingerprint density at radius 3 is 1.69 bits per heavy atom. The summed E-state index contributed by atoms with van der Waals surface area (Å²) in [6, 6.07) is 0. The van der Waals surface area contributed by atoms with Crippen molar-refractivity contribution in [2.75, 3.05) is 0 Å². The van der Waals surface area contributed by atoms with Crippen LogP contribution >= 0.6 is 0 Å². The molecule has 8 aliphatic carbocycles. The van der Waals surface area contributed by atoms with E-state index in [9.17, 15) is 15.3 Å². The quantitative estimate of drug-likeness (QED) is 0.194. The van der Waals surface area contributed by atoms with E-state index in [-0.39, 0.29) is 20.1 Å². The van der Waals surface area contributed by atoms with Crippen molar-refractivity contribution in [1.82, 2.24) is 0 Å². The van der Waals surface area contributed by atoms with Crippen LogP contribution in [0.15, 0.2) is 11.6 Å². The Morgan fingerprint density at radius 1 is 0.604 bits per heavy atom. The van der Waals surface area contributed by atoms with Crippen molar-refractivity contribution in [3.63, 3.8) is 0 Å². The second-order valence-corrected chi connectivity index (χ2v) is 20.3. The van der Waals surface area contributed by atoms with E-state index < -0.39 is 5.60 Å². The zero-order valence-electron chi connectivity index (χ0n) is 32.1. The molecule has 3 radical (unpaired) electrons. The van der Waals surface area contributed by atoms with Crippen molar-refractivity contribution < 1.29 is 15.3 Å². The van der Waals surface area contributed by atoms with Crippen LogP contribution in [0.4, 0.5) is 0 Å². The number of aliphatic hydroxyl groups is 3. The predicted octanol–water partition coefficient (Wildman–Crippen LogP) is 10.1. The monoisotopic (exact) mass is 662 g/mol. The van der Waals surface area contributed by atoms with Crippen LogP contribution in [0.1, 0.15) is 170 Å². The van der Waals surface area contributed by atoms with E-state index in [2.05, 4.69) is 40.7 Å². The van der Waals surface area contributed by atoms with Gasteiger partial charge in [0.15, 0.2) is 0 Å². The average molecular weight is 662 g/mol. The van der Waals surface area contributed by atoms with Gasteiger partial charge in [0, 0.05) is 8.41 Å². The van der Waals surface area contributed by atoms with Crippen LogP contribution in [0, 0.1) is 75.9 Å². The number of hydrogen-bond acceptors (Lipinski definition) is 3. The molecule has 0 aromatic rings. The fourth-order valence-corrected chi connectivity index (χ4v) is 15.7. The first-order chi connectivity index (χ1) is 22.3. The van der Waals surface area contributed by atoms with Crippen molar-refractivity contribution in [3.05, 3.63) is 11.6 Å². The van der Waals surface area contributed by atoms with Gasteiger partial charge in [-0.25, -0.2) is 0 Å². The molecule has 0 aromatic carbocycles. The van der Waals surface area contributed by atoms with E-state index in [1.54, 1.807) is 5.57 Å². The van der Waals surface area contributed by atoms with E-state index >= 15 is 0 Å². The van der Waals surface area contributed by atoms with Gasteiger partial charge in [0.25, 0.3) is 0 Å². The van der Waals surface area contributed by atoms with Crippen LogP contribution in [0.3, 0.4) is 0 Å². The third-order valence-electron chi connectivity index (χ3n) is 17.8. The molecule has 0 aliphatic heterocycles. The summed E-state index contributed by atoms with van der Waals surface area (Å²) in [6.45, 7) is 13.6. The molecule has 8 saturated carbocycles. The van der Waals surface area contributed by atoms with E-state index in [1.165, 1.54) is 103 Å². The Kier molecular flexibility index (Phi) is 10.9. The smallest absolute Gasteiger partial charge is 0.0622 e. The van der Waals surface area contributed by atoms with Gasteiger partial charge in [0.2, 0.25) is 0 Å². The first-order valence-corrected chi connectivity index (χ1v) is 21.0. The maximum atomic E-state index is 10.5. The molecule has 48 heavy (non-hydrogen) atoms. The fourth-order valence-electron chi connectivity index (χ4n) is 15.7. The maximum absolute atomic E-state index is 10.5. The summed E-state index contributed by atoms with van der Waals surface area (Å²) in [5.41, 5.74) is 1.89. The summed E-state index contributed by atoms with van der Waals surface area (Å²) in [5.74, 6) is 9.45. The van der Waals surface area contributed by atoms with E-state index in [0.717, 1.165) is 84.9 Å². The van der Waals surface area contributed by atoms with Gasteiger partial charge < -0.3 is 15.3 Å². The molecule has 0 aromatic heterocycles. The first-order valence-electron chi connectivity index (χ1n) is 21.0. The van der Waals surface area contributed by atoms with Gasteiger partial charge in [-0.1, -0.05) is 31.9 Å². The molecule has 0 amide bonds. The zero-order valence-corrected chi connectivity index (χ0v) is 32.1. The minimum absolute atomic E-state index is 0. The Balaban J connectivity index is 0.000000164. The molecule has 4 heteroatoms. The third kappa shape index (κ3) is 6.59. The summed E-state index contributed by atoms with van der Waals surface area (Å²) in [7, 11) is 0. The molecule has 16 atom stereocenters. The number of aliphatic hydroxyl groups excluding tert-OH is 1. The van der Waals surface area contributed by atoms with Crippen LogP contribution in [0.5, 0.6) is 0 Å². The lowest BCUT2D eigenvalue weighted by Crippen LogP contribution is -2.55. The number of rotatable bonds is 1. The van der Waals surface area contributed by atoms with Crippen LogP contribution in [-0.4, -0.2) is 41.0 Å². The van der Waals surface area contributed by atoms with Gasteiger partial charge in [-0.05, 0) is 226 Å². The molecule has 1 unspecified atom stereocenters. The summed E-state index contributed by atoms with van der Waals surface area (Å²) < 4.78 is 0. The Bertz CT molecular complexity index is 1140. The SMILES string of the molecule is CC(O)[C@H]1CCC[C@H]2[C@@H]3CC[C@@H]4C[C@](C)(O)CC[C@@H]4[C@H]3CC[C@]12C.CC=C1CCC[C@H]2[C@@H]3CC[C@@H]4C[C@](C)(O)CC[C@@H]4[C@H]3CC[C@]12C.[B]. The second kappa shape index (κ2) is 13.9. The van der Waals surface area contributed by atoms with E-state index in [0.29, 0.717) is 16.7 Å². The van der Waals surface area contributed by atoms with Crippen LogP contribution in [-0.2, 0) is 0 Å². The van der Waals surface area contributed by atoms with Gasteiger partial charge in [-0.15, -0.1) is 0 Å². The fraction of sp³-hybridized carbons (Fsp3) is 0.955. The lowest BCUT2D eigenvalue weighted by molar-refractivity contribution is -0.141. The molecule has 3 N–H and O–H groups in total. The van der Waals surface area contributed by atoms with E-state index in [4.69, 9.17) is 0 Å². The molecule has 0 spiro atoms. The van der Waals surface area contributed by atoms with Gasteiger partial charge in [0.1, 0.15) is 0 Å². The minimum Gasteiger partial charge on any atom is -0.393 e. The molecule has 0 bridgehead atoms. The normalized spacial score (nSPS) is 54.3. The first kappa shape index (κ1) is 37.4. The number of allylic oxidation sites excluding steroid dienone is 2. The molecular formula is C44H74BO3. The maximum Gasteiger partial charge on any atom is 0.0622 e. The largest absolute Gasteiger partial charge is 0.393 e. The lowest BCUT2D eigenvalue weighted by atomic mass is 9.44. The highest BCUT2D eigenvalue weighted by Crippen LogP contribution is 2.65. The summed E-state index contributed by atoms with van der Waals surface area (Å²) in [4.78, 5) is 0. The Morgan fingerprint density at radius 2 is 1.12 bits per heavy atom. The van der Waals surface area contributed by atoms with Crippen molar-refractivity contribution in [3.8, 4) is 0 Å². The molecule has 8 fully saturated rings. The minimum atomic E-state index is -0.403. The third-order valence-corrected chi connectivity index (χ3v) is 17.8. The van der Waals surface area contributed by atoms with Gasteiger partial charge >= 0.3 is 0 Å². The highest BCUT2D eigenvalue weighted by molar-refractivity contribution is 5.75. The van der Waals surface area contributed by atoms with Crippen LogP contribution in [0.2, 0.25) is 0 Å². The summed E-state index contributed by atoms with van der Waals surface area (Å²) in [6.07, 6.45) is 28.4. The number of fused-ring (bicyclic) bond motifs is 10. The molecule has 3 nitrogen and oxygen atoms in total. The molecule has 8 rings (SSSR count). The average Bonchev–Trinajstić information content (AvgIpc) is 3.02. The number of hydrogen-bond donors (Lipinski definition) is 3. The van der Waals surface area contributed by atoms with Gasteiger partial charge in [0.05, 0.1) is 17.3 Å². The molecular weight excluding hydrogens is 587 g/mol.